The van der Waals surface area contributed by atoms with Crippen molar-refractivity contribution < 1.29 is 17.9 Å². The maximum atomic E-state index is 13.4. The number of sulfonamides is 1. The van der Waals surface area contributed by atoms with Crippen molar-refractivity contribution in [2.24, 2.45) is 0 Å². The van der Waals surface area contributed by atoms with Crippen LogP contribution in [0.1, 0.15) is 11.3 Å². The maximum absolute atomic E-state index is 13.4. The third-order valence-electron chi connectivity index (χ3n) is 6.47. The molecule has 36 heavy (non-hydrogen) atoms. The second kappa shape index (κ2) is 10.2. The lowest BCUT2D eigenvalue weighted by atomic mass is 10.1. The molecule has 9 nitrogen and oxygen atoms in total. The van der Waals surface area contributed by atoms with Gasteiger partial charge in [-0.3, -0.25) is 0 Å². The van der Waals surface area contributed by atoms with Crippen LogP contribution in [-0.4, -0.2) is 74.5 Å². The molecule has 3 heterocycles. The van der Waals surface area contributed by atoms with Crippen molar-refractivity contribution in [1.29, 1.82) is 0 Å². The first kappa shape index (κ1) is 24.8. The van der Waals surface area contributed by atoms with E-state index in [2.05, 4.69) is 16.8 Å². The highest BCUT2D eigenvalue weighted by atomic mass is 35.5. The Morgan fingerprint density at radius 2 is 1.67 bits per heavy atom. The first-order valence-electron chi connectivity index (χ1n) is 11.7. The lowest BCUT2D eigenvalue weighted by Gasteiger charge is -2.34. The van der Waals surface area contributed by atoms with Crippen LogP contribution in [0.3, 0.4) is 0 Å². The number of fused-ring (bicyclic) bond motifs is 1. The zero-order valence-electron chi connectivity index (χ0n) is 20.2. The van der Waals surface area contributed by atoms with Gasteiger partial charge in [0.05, 0.1) is 23.3 Å². The van der Waals surface area contributed by atoms with E-state index in [0.29, 0.717) is 46.9 Å². The topological polar surface area (TPSA) is 88.1 Å². The summed E-state index contributed by atoms with van der Waals surface area (Å²) in [7, 11) is -0.0568. The molecule has 0 aliphatic carbocycles. The predicted octanol–water partition coefficient (Wildman–Crippen LogP) is 3.43. The van der Waals surface area contributed by atoms with Crippen molar-refractivity contribution in [3.05, 3.63) is 64.8 Å². The number of anilines is 1. The lowest BCUT2D eigenvalue weighted by Crippen LogP contribution is -2.45. The van der Waals surface area contributed by atoms with Gasteiger partial charge in [-0.2, -0.15) is 9.29 Å². The average molecular weight is 530 g/mol. The van der Waals surface area contributed by atoms with Gasteiger partial charge in [0.1, 0.15) is 11.5 Å². The molecule has 1 fully saturated rings. The Hall–Kier alpha value is -2.92. The SMILES string of the molecule is COc1ccc(Oc2nc(N3CCN(C)CC3)nc3c2CN(S(=O)(=O)c2cccc(Cl)c2)CC3)cc1. The molecule has 5 rings (SSSR count). The summed E-state index contributed by atoms with van der Waals surface area (Å²) in [5.41, 5.74) is 1.47. The Labute approximate surface area is 216 Å². The summed E-state index contributed by atoms with van der Waals surface area (Å²) in [6, 6.07) is 13.5. The van der Waals surface area contributed by atoms with Gasteiger partial charge in [0.25, 0.3) is 0 Å². The van der Waals surface area contributed by atoms with Crippen LogP contribution in [0.5, 0.6) is 17.4 Å². The largest absolute Gasteiger partial charge is 0.497 e. The fraction of sp³-hybridized carbons (Fsp3) is 0.360. The Kier molecular flexibility index (Phi) is 7.03. The number of benzene rings is 2. The molecular formula is C25H28ClN5O4S. The fourth-order valence-corrected chi connectivity index (χ4v) is 6.03. The van der Waals surface area contributed by atoms with Crippen LogP contribution in [0.15, 0.2) is 53.4 Å². The van der Waals surface area contributed by atoms with Crippen LogP contribution in [0.25, 0.3) is 0 Å². The van der Waals surface area contributed by atoms with Gasteiger partial charge in [-0.25, -0.2) is 13.4 Å². The summed E-state index contributed by atoms with van der Waals surface area (Å²) in [5.74, 6) is 2.27. The molecule has 2 aromatic carbocycles. The highest BCUT2D eigenvalue weighted by molar-refractivity contribution is 7.89. The molecule has 0 spiro atoms. The molecule has 0 bridgehead atoms. The Balaban J connectivity index is 1.50. The van der Waals surface area contributed by atoms with E-state index in [1.807, 2.05) is 0 Å². The number of methoxy groups -OCH3 is 1. The third-order valence-corrected chi connectivity index (χ3v) is 8.55. The number of nitrogens with zero attached hydrogens (tertiary/aromatic N) is 5. The van der Waals surface area contributed by atoms with E-state index in [9.17, 15) is 8.42 Å². The minimum absolute atomic E-state index is 0.110. The number of likely N-dealkylation sites (N-methyl/N-ethyl adjacent to an activating group) is 1. The number of rotatable bonds is 6. The summed E-state index contributed by atoms with van der Waals surface area (Å²) < 4.78 is 39.7. The smallest absolute Gasteiger partial charge is 0.243 e. The molecule has 1 aromatic heterocycles. The molecule has 1 saturated heterocycles. The molecule has 0 saturated carbocycles. The summed E-state index contributed by atoms with van der Waals surface area (Å²) in [6.07, 6.45) is 0.456. The zero-order valence-corrected chi connectivity index (χ0v) is 21.8. The van der Waals surface area contributed by atoms with E-state index in [-0.39, 0.29) is 11.4 Å². The van der Waals surface area contributed by atoms with Crippen LogP contribution in [0.4, 0.5) is 5.95 Å². The molecule has 0 unspecified atom stereocenters. The number of hydrogen-bond donors (Lipinski definition) is 0. The van der Waals surface area contributed by atoms with Crippen LogP contribution in [0.2, 0.25) is 5.02 Å². The fourth-order valence-electron chi connectivity index (χ4n) is 4.32. The number of aromatic nitrogens is 2. The van der Waals surface area contributed by atoms with Gasteiger partial charge in [0, 0.05) is 50.7 Å². The van der Waals surface area contributed by atoms with Crippen molar-refractivity contribution in [2.45, 2.75) is 17.9 Å². The summed E-state index contributed by atoms with van der Waals surface area (Å²) in [4.78, 5) is 14.2. The van der Waals surface area contributed by atoms with Crippen LogP contribution < -0.4 is 14.4 Å². The van der Waals surface area contributed by atoms with Gasteiger partial charge in [-0.05, 0) is 49.5 Å². The van der Waals surface area contributed by atoms with E-state index < -0.39 is 10.0 Å². The number of piperazine rings is 1. The molecule has 0 atom stereocenters. The number of hydrogen-bond acceptors (Lipinski definition) is 8. The maximum Gasteiger partial charge on any atom is 0.243 e. The monoisotopic (exact) mass is 529 g/mol. The average Bonchev–Trinajstić information content (AvgIpc) is 2.89. The third kappa shape index (κ3) is 5.12. The molecule has 0 amide bonds. The Morgan fingerprint density at radius 1 is 0.944 bits per heavy atom. The molecule has 11 heteroatoms. The van der Waals surface area contributed by atoms with Crippen LogP contribution in [-0.2, 0) is 23.0 Å². The highest BCUT2D eigenvalue weighted by Crippen LogP contribution is 2.34. The first-order chi connectivity index (χ1) is 17.3. The van der Waals surface area contributed by atoms with E-state index in [1.165, 1.54) is 10.4 Å². The quantitative estimate of drug-likeness (QED) is 0.480. The normalized spacial score (nSPS) is 17.0. The summed E-state index contributed by atoms with van der Waals surface area (Å²) in [5, 5.41) is 0.372. The van der Waals surface area contributed by atoms with Crippen molar-refractivity contribution in [1.82, 2.24) is 19.2 Å². The van der Waals surface area contributed by atoms with E-state index in [1.54, 1.807) is 49.6 Å². The van der Waals surface area contributed by atoms with E-state index >= 15 is 0 Å². The minimum Gasteiger partial charge on any atom is -0.497 e. The van der Waals surface area contributed by atoms with Gasteiger partial charge in [0.15, 0.2) is 0 Å². The van der Waals surface area contributed by atoms with Gasteiger partial charge in [-0.15, -0.1) is 0 Å². The van der Waals surface area contributed by atoms with Crippen molar-refractivity contribution in [3.8, 4) is 17.4 Å². The van der Waals surface area contributed by atoms with Crippen LogP contribution in [0, 0.1) is 0 Å². The van der Waals surface area contributed by atoms with Gasteiger partial charge in [0.2, 0.25) is 21.9 Å². The summed E-state index contributed by atoms with van der Waals surface area (Å²) >= 11 is 6.07. The first-order valence-corrected chi connectivity index (χ1v) is 13.6. The van der Waals surface area contributed by atoms with E-state index in [0.717, 1.165) is 31.9 Å². The Bertz CT molecular complexity index is 1350. The second-order valence-corrected chi connectivity index (χ2v) is 11.2. The lowest BCUT2D eigenvalue weighted by molar-refractivity contribution is 0.310. The van der Waals surface area contributed by atoms with Gasteiger partial charge < -0.3 is 19.3 Å². The van der Waals surface area contributed by atoms with E-state index in [4.69, 9.17) is 31.0 Å². The van der Waals surface area contributed by atoms with Crippen molar-refractivity contribution in [3.63, 3.8) is 0 Å². The molecule has 0 N–H and O–H groups in total. The second-order valence-electron chi connectivity index (χ2n) is 8.87. The number of ether oxygens (including phenoxy) is 2. The highest BCUT2D eigenvalue weighted by Gasteiger charge is 2.33. The molecule has 2 aliphatic heterocycles. The Morgan fingerprint density at radius 3 is 2.36 bits per heavy atom. The predicted molar refractivity (Wildman–Crippen MR) is 138 cm³/mol. The minimum atomic E-state index is -3.76. The molecule has 0 radical (unpaired) electrons. The van der Waals surface area contributed by atoms with Crippen LogP contribution >= 0.6 is 11.6 Å². The number of halogens is 1. The standard InChI is InChI=1S/C25H28ClN5O4S/c1-29-12-14-30(15-13-29)25-27-23-10-11-31(36(32,33)21-5-3-4-18(26)16-21)17-22(23)24(28-25)35-20-8-6-19(34-2)7-9-20/h3-9,16H,10-15,17H2,1-2H3. The van der Waals surface area contributed by atoms with Crippen molar-refractivity contribution >= 4 is 27.6 Å². The summed E-state index contributed by atoms with van der Waals surface area (Å²) in [6.45, 7) is 3.88. The van der Waals surface area contributed by atoms with Gasteiger partial charge >= 0.3 is 0 Å². The zero-order chi connectivity index (χ0) is 25.3. The molecule has 3 aromatic rings. The molecule has 190 valence electrons. The molecule has 2 aliphatic rings. The van der Waals surface area contributed by atoms with Gasteiger partial charge in [-0.1, -0.05) is 17.7 Å². The van der Waals surface area contributed by atoms with Crippen molar-refractivity contribution in [2.75, 3.05) is 51.8 Å². The molecular weight excluding hydrogens is 502 g/mol.